The van der Waals surface area contributed by atoms with Crippen LogP contribution in [0.15, 0.2) is 65.7 Å². The van der Waals surface area contributed by atoms with Gasteiger partial charge in [0.25, 0.3) is 0 Å². The second kappa shape index (κ2) is 7.09. The second-order valence-electron chi connectivity index (χ2n) is 6.86. The molecule has 3 N–H and O–H groups in total. The predicted octanol–water partition coefficient (Wildman–Crippen LogP) is 1.97. The maximum atomic E-state index is 13.2. The summed E-state index contributed by atoms with van der Waals surface area (Å²) < 4.78 is 0. The molecular weight excluding hydrogens is 390 g/mol. The molecule has 150 valence electrons. The number of nitrogens with one attached hydrogen (secondary N) is 2. The van der Waals surface area contributed by atoms with Crippen LogP contribution in [-0.2, 0) is 16.1 Å². The van der Waals surface area contributed by atoms with E-state index in [0.717, 1.165) is 22.9 Å². The van der Waals surface area contributed by atoms with Crippen LogP contribution in [-0.4, -0.2) is 51.9 Å². The Kier molecular flexibility index (Phi) is 4.71. The monoisotopic (exact) mass is 411 g/mol. The van der Waals surface area contributed by atoms with E-state index in [0.29, 0.717) is 5.17 Å². The molecule has 2 amide bonds. The molecule has 2 aliphatic heterocycles. The van der Waals surface area contributed by atoms with Gasteiger partial charge >= 0.3 is 12.0 Å². The third kappa shape index (κ3) is 2.69. The van der Waals surface area contributed by atoms with Crippen molar-refractivity contribution in [3.63, 3.8) is 0 Å². The zero-order chi connectivity index (χ0) is 20.6. The van der Waals surface area contributed by atoms with E-state index in [-0.39, 0.29) is 11.8 Å². The van der Waals surface area contributed by atoms with E-state index in [4.69, 9.17) is 10.1 Å². The van der Waals surface area contributed by atoms with Crippen LogP contribution in [0.3, 0.4) is 0 Å². The standard InChI is InChI=1S/C20H21N5O3S/c1-24-18(28)25(2)20(15-11-7-4-8-12-15)19(24,14-9-5-3-6-10-14)21-17(22-23-20)29-13-16(26)27/h3-12,23H,13H2,1-2H3,(H,21,22)(H,26,27)/t19-,20-/m0/s1. The molecule has 9 heteroatoms. The molecule has 0 unspecified atom stereocenters. The fraction of sp³-hybridized carbons (Fsp3) is 0.250. The molecule has 0 aliphatic carbocycles. The van der Waals surface area contributed by atoms with Gasteiger partial charge in [-0.2, -0.15) is 0 Å². The lowest BCUT2D eigenvalue weighted by Gasteiger charge is -2.50. The number of thioether (sulfide) groups is 1. The maximum absolute atomic E-state index is 13.2. The van der Waals surface area contributed by atoms with Gasteiger partial charge in [0.2, 0.25) is 5.66 Å². The number of urea groups is 1. The molecule has 1 fully saturated rings. The topological polar surface area (TPSA) is 97.3 Å². The highest BCUT2D eigenvalue weighted by molar-refractivity contribution is 8.14. The number of carbonyl (C=O) groups is 2. The Balaban J connectivity index is 1.99. The average molecular weight is 411 g/mol. The third-order valence-corrected chi connectivity index (χ3v) is 6.24. The van der Waals surface area contributed by atoms with Gasteiger partial charge in [-0.3, -0.25) is 20.0 Å². The van der Waals surface area contributed by atoms with Crippen molar-refractivity contribution in [1.29, 1.82) is 0 Å². The molecule has 0 aromatic heterocycles. The van der Waals surface area contributed by atoms with Crippen molar-refractivity contribution in [3.8, 4) is 0 Å². The van der Waals surface area contributed by atoms with Crippen molar-refractivity contribution in [2.45, 2.75) is 11.3 Å². The number of aliphatic imine (C=N–C) groups is 1. The first kappa shape index (κ1) is 19.3. The van der Waals surface area contributed by atoms with E-state index in [9.17, 15) is 9.59 Å². The minimum Gasteiger partial charge on any atom is -0.481 e. The molecule has 2 aliphatic rings. The van der Waals surface area contributed by atoms with Crippen molar-refractivity contribution >= 4 is 28.9 Å². The Morgan fingerprint density at radius 3 is 2.21 bits per heavy atom. The number of amidine groups is 1. The summed E-state index contributed by atoms with van der Waals surface area (Å²) in [6.45, 7) is 0. The van der Waals surface area contributed by atoms with Crippen LogP contribution in [0, 0.1) is 0 Å². The Labute approximate surface area is 172 Å². The fourth-order valence-electron chi connectivity index (χ4n) is 4.11. The van der Waals surface area contributed by atoms with Crippen LogP contribution in [0.25, 0.3) is 0 Å². The van der Waals surface area contributed by atoms with Gasteiger partial charge in [0.15, 0.2) is 10.8 Å². The number of amides is 2. The Morgan fingerprint density at radius 1 is 1.03 bits per heavy atom. The summed E-state index contributed by atoms with van der Waals surface area (Å²) in [6, 6.07) is 19.0. The van der Waals surface area contributed by atoms with Crippen LogP contribution in [0.5, 0.6) is 0 Å². The Hall–Kier alpha value is -3.04. The molecule has 0 spiro atoms. The van der Waals surface area contributed by atoms with Crippen LogP contribution in [0.2, 0.25) is 0 Å². The number of carboxylic acid groups (broad SMARTS) is 1. The molecule has 8 nitrogen and oxygen atoms in total. The number of hydrogen-bond donors (Lipinski definition) is 3. The van der Waals surface area contributed by atoms with Gasteiger partial charge in [-0.15, -0.1) is 0 Å². The number of nitrogens with zero attached hydrogens (tertiary/aromatic N) is 3. The SMILES string of the molecule is CN1C(=O)N(C)[C@]2(c3ccccc3)NNC(SCC(=O)O)=N[C@@]12c1ccccc1. The Morgan fingerprint density at radius 2 is 1.62 bits per heavy atom. The van der Waals surface area contributed by atoms with Gasteiger partial charge in [-0.05, 0) is 5.56 Å². The highest BCUT2D eigenvalue weighted by Gasteiger charge is 2.69. The minimum atomic E-state index is -1.15. The van der Waals surface area contributed by atoms with Gasteiger partial charge in [0.1, 0.15) is 0 Å². The normalized spacial score (nSPS) is 26.0. The number of benzene rings is 2. The molecule has 4 rings (SSSR count). The molecule has 0 saturated carbocycles. The molecule has 2 aromatic carbocycles. The largest absolute Gasteiger partial charge is 0.481 e. The van der Waals surface area contributed by atoms with E-state index < -0.39 is 17.3 Å². The number of rotatable bonds is 4. The van der Waals surface area contributed by atoms with Crippen LogP contribution in [0.4, 0.5) is 4.79 Å². The fourth-order valence-corrected chi connectivity index (χ4v) is 4.69. The van der Waals surface area contributed by atoms with Gasteiger partial charge < -0.3 is 5.11 Å². The first-order valence-electron chi connectivity index (χ1n) is 9.04. The van der Waals surface area contributed by atoms with Gasteiger partial charge in [0, 0.05) is 19.7 Å². The van der Waals surface area contributed by atoms with E-state index in [1.807, 2.05) is 60.7 Å². The van der Waals surface area contributed by atoms with Crippen molar-refractivity contribution in [2.75, 3.05) is 19.8 Å². The van der Waals surface area contributed by atoms with Gasteiger partial charge in [-0.25, -0.2) is 15.2 Å². The lowest BCUT2D eigenvalue weighted by atomic mass is 9.80. The first-order chi connectivity index (χ1) is 13.9. The van der Waals surface area contributed by atoms with Gasteiger partial charge in [0.05, 0.1) is 5.75 Å². The average Bonchev–Trinajstić information content (AvgIpc) is 2.93. The van der Waals surface area contributed by atoms with E-state index in [2.05, 4.69) is 10.9 Å². The molecule has 0 bridgehead atoms. The summed E-state index contributed by atoms with van der Waals surface area (Å²) in [5, 5.41) is 9.48. The molecule has 0 radical (unpaired) electrons. The van der Waals surface area contributed by atoms with Crippen molar-refractivity contribution < 1.29 is 14.7 Å². The quantitative estimate of drug-likeness (QED) is 0.712. The molecule has 2 aromatic rings. The summed E-state index contributed by atoms with van der Waals surface area (Å²) in [7, 11) is 3.45. The lowest BCUT2D eigenvalue weighted by Crippen LogP contribution is -2.70. The maximum Gasteiger partial charge on any atom is 0.323 e. The number of likely N-dealkylation sites (N-methyl/N-ethyl adjacent to an activating group) is 2. The van der Waals surface area contributed by atoms with E-state index in [1.54, 1.807) is 23.9 Å². The van der Waals surface area contributed by atoms with Gasteiger partial charge in [-0.1, -0.05) is 72.4 Å². The summed E-state index contributed by atoms with van der Waals surface area (Å²) in [5.41, 5.74) is 5.80. The summed E-state index contributed by atoms with van der Waals surface area (Å²) in [4.78, 5) is 32.5. The summed E-state index contributed by atoms with van der Waals surface area (Å²) in [5.74, 6) is -1.09. The molecular formula is C20H21N5O3S. The smallest absolute Gasteiger partial charge is 0.323 e. The van der Waals surface area contributed by atoms with Crippen LogP contribution >= 0.6 is 11.8 Å². The number of carboxylic acids is 1. The molecule has 2 atom stereocenters. The zero-order valence-electron chi connectivity index (χ0n) is 16.0. The summed E-state index contributed by atoms with van der Waals surface area (Å²) in [6.07, 6.45) is 0. The number of aliphatic carboxylic acids is 1. The number of fused-ring (bicyclic) bond motifs is 1. The van der Waals surface area contributed by atoms with E-state index in [1.165, 1.54) is 0 Å². The molecule has 29 heavy (non-hydrogen) atoms. The second-order valence-corrected chi connectivity index (χ2v) is 7.83. The molecule has 2 heterocycles. The predicted molar refractivity (Wildman–Crippen MR) is 111 cm³/mol. The highest BCUT2D eigenvalue weighted by atomic mass is 32.2. The summed E-state index contributed by atoms with van der Waals surface area (Å²) >= 11 is 1.07. The number of hydrogen-bond acceptors (Lipinski definition) is 6. The zero-order valence-corrected chi connectivity index (χ0v) is 16.8. The number of carbonyl (C=O) groups excluding carboxylic acids is 1. The lowest BCUT2D eigenvalue weighted by molar-refractivity contribution is -0.133. The van der Waals surface area contributed by atoms with Crippen LogP contribution < -0.4 is 10.9 Å². The van der Waals surface area contributed by atoms with Crippen molar-refractivity contribution in [1.82, 2.24) is 20.7 Å². The number of hydrazine groups is 1. The Bertz CT molecular complexity index is 971. The highest BCUT2D eigenvalue weighted by Crippen LogP contribution is 2.53. The molecule has 1 saturated heterocycles. The van der Waals surface area contributed by atoms with Crippen LogP contribution in [0.1, 0.15) is 11.1 Å². The van der Waals surface area contributed by atoms with Crippen molar-refractivity contribution in [2.24, 2.45) is 4.99 Å². The first-order valence-corrected chi connectivity index (χ1v) is 10.0. The minimum absolute atomic E-state index is 0.149. The van der Waals surface area contributed by atoms with Crippen molar-refractivity contribution in [3.05, 3.63) is 71.8 Å². The van der Waals surface area contributed by atoms with E-state index >= 15 is 0 Å². The third-order valence-electron chi connectivity index (χ3n) is 5.38.